The molecule has 76 valence electrons. The first-order chi connectivity index (χ1) is 6.66. The molecule has 0 aliphatic rings. The van der Waals surface area contributed by atoms with Crippen LogP contribution in [0.1, 0.15) is 18.4 Å². The Labute approximate surface area is 81.8 Å². The molecule has 0 aliphatic carbocycles. The fraction of sp³-hybridized carbons (Fsp3) is 0.300. The lowest BCUT2D eigenvalue weighted by Gasteiger charge is -2.12. The zero-order valence-corrected chi connectivity index (χ0v) is 7.80. The van der Waals surface area contributed by atoms with Gasteiger partial charge in [-0.3, -0.25) is 4.79 Å². The van der Waals surface area contributed by atoms with Crippen LogP contribution in [0.5, 0.6) is 5.75 Å². The van der Waals surface area contributed by atoms with Crippen molar-refractivity contribution >= 4 is 5.97 Å². The Morgan fingerprint density at radius 3 is 2.71 bits per heavy atom. The number of carbonyl (C=O) groups is 1. The number of ether oxygens (including phenoxy) is 1. The monoisotopic (exact) mass is 196 g/mol. The van der Waals surface area contributed by atoms with E-state index in [9.17, 15) is 4.79 Å². The molecule has 0 aliphatic heterocycles. The van der Waals surface area contributed by atoms with Gasteiger partial charge in [0.05, 0.1) is 5.92 Å². The molecule has 2 N–H and O–H groups in total. The van der Waals surface area contributed by atoms with Gasteiger partial charge in [-0.15, -0.1) is 0 Å². The van der Waals surface area contributed by atoms with Gasteiger partial charge >= 0.3 is 5.97 Å². The van der Waals surface area contributed by atoms with Gasteiger partial charge in [0.1, 0.15) is 5.75 Å². The maximum absolute atomic E-state index is 10.7. The third kappa shape index (κ3) is 2.23. The predicted molar refractivity (Wildman–Crippen MR) is 50.2 cm³/mol. The maximum atomic E-state index is 10.7. The first kappa shape index (κ1) is 10.5. The molecule has 1 unspecified atom stereocenters. The summed E-state index contributed by atoms with van der Waals surface area (Å²) in [7, 11) is 0. The highest BCUT2D eigenvalue weighted by molar-refractivity contribution is 5.76. The fourth-order valence-corrected chi connectivity index (χ4v) is 1.17. The Hall–Kier alpha value is -1.55. The standard InChI is InChI=1S/C10H12O4/c1-7(10(12)13)8-4-2-3-5-9(8)14-6-11/h2-5,7,11H,6H2,1H3,(H,12,13). The van der Waals surface area contributed by atoms with Crippen LogP contribution in [0.25, 0.3) is 0 Å². The van der Waals surface area contributed by atoms with Crippen LogP contribution < -0.4 is 4.74 Å². The third-order valence-corrected chi connectivity index (χ3v) is 1.98. The smallest absolute Gasteiger partial charge is 0.310 e. The quantitative estimate of drug-likeness (QED) is 0.710. The molecule has 14 heavy (non-hydrogen) atoms. The highest BCUT2D eigenvalue weighted by Gasteiger charge is 2.17. The molecule has 0 fully saturated rings. The summed E-state index contributed by atoms with van der Waals surface area (Å²) in [5.74, 6) is -1.15. The number of benzene rings is 1. The summed E-state index contributed by atoms with van der Waals surface area (Å²) in [4.78, 5) is 10.7. The number of rotatable bonds is 4. The third-order valence-electron chi connectivity index (χ3n) is 1.98. The summed E-state index contributed by atoms with van der Waals surface area (Å²) in [5.41, 5.74) is 0.564. The van der Waals surface area contributed by atoms with Crippen molar-refractivity contribution < 1.29 is 19.7 Å². The van der Waals surface area contributed by atoms with Gasteiger partial charge in [-0.05, 0) is 13.0 Å². The minimum absolute atomic E-state index is 0.407. The largest absolute Gasteiger partial charge is 0.481 e. The second-order valence-electron chi connectivity index (χ2n) is 2.87. The maximum Gasteiger partial charge on any atom is 0.310 e. The zero-order chi connectivity index (χ0) is 10.6. The van der Waals surface area contributed by atoms with Gasteiger partial charge in [0.2, 0.25) is 0 Å². The Bertz CT molecular complexity index is 322. The van der Waals surface area contributed by atoms with E-state index < -0.39 is 18.7 Å². The molecule has 0 radical (unpaired) electrons. The van der Waals surface area contributed by atoms with E-state index in [1.807, 2.05) is 0 Å². The minimum Gasteiger partial charge on any atom is -0.481 e. The van der Waals surface area contributed by atoms with Gasteiger partial charge in [-0.1, -0.05) is 18.2 Å². The molecule has 0 bridgehead atoms. The average molecular weight is 196 g/mol. The highest BCUT2D eigenvalue weighted by atomic mass is 16.6. The molecule has 1 atom stereocenters. The minimum atomic E-state index is -0.918. The molecule has 1 aromatic carbocycles. The van der Waals surface area contributed by atoms with Crippen molar-refractivity contribution in [3.63, 3.8) is 0 Å². The lowest BCUT2D eigenvalue weighted by Crippen LogP contribution is -2.09. The van der Waals surface area contributed by atoms with Crippen LogP contribution in [-0.2, 0) is 4.79 Å². The lowest BCUT2D eigenvalue weighted by molar-refractivity contribution is -0.138. The van der Waals surface area contributed by atoms with Crippen molar-refractivity contribution in [2.75, 3.05) is 6.79 Å². The molecule has 4 heteroatoms. The van der Waals surface area contributed by atoms with E-state index in [1.165, 1.54) is 0 Å². The number of aliphatic hydroxyl groups is 1. The molecule has 0 aromatic heterocycles. The van der Waals surface area contributed by atoms with Crippen LogP contribution in [0.3, 0.4) is 0 Å². The van der Waals surface area contributed by atoms with Crippen molar-refractivity contribution in [2.45, 2.75) is 12.8 Å². The Balaban J connectivity index is 3.00. The first-order valence-electron chi connectivity index (χ1n) is 4.22. The van der Waals surface area contributed by atoms with Crippen LogP contribution >= 0.6 is 0 Å². The summed E-state index contributed by atoms with van der Waals surface area (Å²) in [6.45, 7) is 1.12. The van der Waals surface area contributed by atoms with Crippen LogP contribution in [0.4, 0.5) is 0 Å². The van der Waals surface area contributed by atoms with Gasteiger partial charge in [0.25, 0.3) is 0 Å². The average Bonchev–Trinajstić information content (AvgIpc) is 2.18. The first-order valence-corrected chi connectivity index (χ1v) is 4.22. The second kappa shape index (κ2) is 4.62. The molecule has 1 rings (SSSR count). The number of aliphatic hydroxyl groups excluding tert-OH is 1. The molecule has 0 amide bonds. The van der Waals surface area contributed by atoms with E-state index in [1.54, 1.807) is 31.2 Å². The fourth-order valence-electron chi connectivity index (χ4n) is 1.17. The predicted octanol–water partition coefficient (Wildman–Crippen LogP) is 1.20. The number of aliphatic carboxylic acids is 1. The van der Waals surface area contributed by atoms with Gasteiger partial charge in [-0.25, -0.2) is 0 Å². The number of hydrogen-bond donors (Lipinski definition) is 2. The Morgan fingerprint density at radius 1 is 1.50 bits per heavy atom. The van der Waals surface area contributed by atoms with Crippen LogP contribution in [0.2, 0.25) is 0 Å². The number of carboxylic acid groups (broad SMARTS) is 1. The second-order valence-corrected chi connectivity index (χ2v) is 2.87. The SMILES string of the molecule is CC(C(=O)O)c1ccccc1OCO. The van der Waals surface area contributed by atoms with Gasteiger partial charge in [-0.2, -0.15) is 0 Å². The Kier molecular flexibility index (Phi) is 3.48. The molecule has 0 spiro atoms. The van der Waals surface area contributed by atoms with Gasteiger partial charge in [0, 0.05) is 5.56 Å². The van der Waals surface area contributed by atoms with E-state index in [0.717, 1.165) is 0 Å². The molecule has 0 heterocycles. The van der Waals surface area contributed by atoms with E-state index in [0.29, 0.717) is 11.3 Å². The summed E-state index contributed by atoms with van der Waals surface area (Å²) in [5, 5.41) is 17.4. The van der Waals surface area contributed by atoms with Crippen LogP contribution in [-0.4, -0.2) is 23.0 Å². The summed E-state index contributed by atoms with van der Waals surface area (Å²) in [6.07, 6.45) is 0. The van der Waals surface area contributed by atoms with Crippen molar-refractivity contribution in [2.24, 2.45) is 0 Å². The summed E-state index contributed by atoms with van der Waals surface area (Å²) < 4.78 is 4.90. The van der Waals surface area contributed by atoms with Crippen molar-refractivity contribution in [3.8, 4) is 5.75 Å². The van der Waals surface area contributed by atoms with Crippen LogP contribution in [0, 0.1) is 0 Å². The summed E-state index contributed by atoms with van der Waals surface area (Å²) >= 11 is 0. The van der Waals surface area contributed by atoms with E-state index >= 15 is 0 Å². The van der Waals surface area contributed by atoms with Gasteiger partial charge in [0.15, 0.2) is 6.79 Å². The summed E-state index contributed by atoms with van der Waals surface area (Å²) in [6, 6.07) is 6.76. The van der Waals surface area contributed by atoms with E-state index in [-0.39, 0.29) is 0 Å². The van der Waals surface area contributed by atoms with Crippen molar-refractivity contribution in [1.82, 2.24) is 0 Å². The van der Waals surface area contributed by atoms with Crippen molar-refractivity contribution in [3.05, 3.63) is 29.8 Å². The molecule has 1 aromatic rings. The lowest BCUT2D eigenvalue weighted by atomic mass is 10.0. The Morgan fingerprint density at radius 2 is 2.14 bits per heavy atom. The van der Waals surface area contributed by atoms with Crippen molar-refractivity contribution in [1.29, 1.82) is 0 Å². The van der Waals surface area contributed by atoms with E-state index in [2.05, 4.69) is 0 Å². The number of hydrogen-bond acceptors (Lipinski definition) is 3. The van der Waals surface area contributed by atoms with Crippen LogP contribution in [0.15, 0.2) is 24.3 Å². The molecule has 4 nitrogen and oxygen atoms in total. The molecule has 0 saturated carbocycles. The topological polar surface area (TPSA) is 66.8 Å². The molecular formula is C10H12O4. The number of carboxylic acids is 1. The van der Waals surface area contributed by atoms with E-state index in [4.69, 9.17) is 14.9 Å². The zero-order valence-electron chi connectivity index (χ0n) is 7.80. The molecule has 0 saturated heterocycles. The number of para-hydroxylation sites is 1. The van der Waals surface area contributed by atoms with Gasteiger partial charge < -0.3 is 14.9 Å². The highest BCUT2D eigenvalue weighted by Crippen LogP contribution is 2.26. The molecular weight excluding hydrogens is 184 g/mol. The normalized spacial score (nSPS) is 12.1.